The van der Waals surface area contributed by atoms with Gasteiger partial charge in [-0.2, -0.15) is 13.2 Å². The molecule has 36 heavy (non-hydrogen) atoms. The average Bonchev–Trinajstić information content (AvgIpc) is 2.83. The van der Waals surface area contributed by atoms with Gasteiger partial charge in [0.2, 0.25) is 11.2 Å². The van der Waals surface area contributed by atoms with Gasteiger partial charge in [-0.1, -0.05) is 35.3 Å². The molecule has 0 spiro atoms. The SMILES string of the molecule is CCOc1ccccc1Oc1c(C(F)(F)F)oc2cc(OC(=O)c3ccc(Cl)c(Cl)c3)ccc2c1=O. The third-order valence-electron chi connectivity index (χ3n) is 4.81. The number of alkyl halides is 3. The van der Waals surface area contributed by atoms with Crippen molar-refractivity contribution in [3.8, 4) is 23.0 Å². The maximum Gasteiger partial charge on any atom is 0.453 e. The van der Waals surface area contributed by atoms with Crippen LogP contribution in [0.1, 0.15) is 23.0 Å². The van der Waals surface area contributed by atoms with Gasteiger partial charge in [-0.05, 0) is 49.4 Å². The van der Waals surface area contributed by atoms with Gasteiger partial charge in [0.15, 0.2) is 11.5 Å². The predicted octanol–water partition coefficient (Wildman–Crippen LogP) is 7.53. The number of para-hydroxylation sites is 2. The van der Waals surface area contributed by atoms with Gasteiger partial charge in [-0.15, -0.1) is 0 Å². The molecule has 0 aliphatic rings. The summed E-state index contributed by atoms with van der Waals surface area (Å²) in [7, 11) is 0. The van der Waals surface area contributed by atoms with Crippen molar-refractivity contribution in [3.63, 3.8) is 0 Å². The summed E-state index contributed by atoms with van der Waals surface area (Å²) in [6.07, 6.45) is -5.07. The Hall–Kier alpha value is -3.69. The van der Waals surface area contributed by atoms with Gasteiger partial charge < -0.3 is 18.6 Å². The lowest BCUT2D eigenvalue weighted by Crippen LogP contribution is -2.16. The number of benzene rings is 3. The normalized spacial score (nSPS) is 11.4. The topological polar surface area (TPSA) is 75.0 Å². The fourth-order valence-corrected chi connectivity index (χ4v) is 3.51. The van der Waals surface area contributed by atoms with Crippen molar-refractivity contribution in [2.75, 3.05) is 6.61 Å². The number of ether oxygens (including phenoxy) is 3. The summed E-state index contributed by atoms with van der Waals surface area (Å²) in [5, 5.41) is 0.118. The molecule has 0 aliphatic carbocycles. The van der Waals surface area contributed by atoms with Gasteiger partial charge in [0, 0.05) is 6.07 Å². The number of hydrogen-bond acceptors (Lipinski definition) is 6. The van der Waals surface area contributed by atoms with Crippen molar-refractivity contribution in [2.24, 2.45) is 0 Å². The summed E-state index contributed by atoms with van der Waals surface area (Å²) in [4.78, 5) is 25.5. The Morgan fingerprint density at radius 1 is 0.972 bits per heavy atom. The molecule has 0 saturated carbocycles. The van der Waals surface area contributed by atoms with E-state index in [1.807, 2.05) is 0 Å². The van der Waals surface area contributed by atoms with Crippen LogP contribution in [0.15, 0.2) is 69.9 Å². The Bertz CT molecular complexity index is 1510. The van der Waals surface area contributed by atoms with Crippen molar-refractivity contribution in [1.82, 2.24) is 0 Å². The summed E-state index contributed by atoms with van der Waals surface area (Å²) >= 11 is 11.7. The first-order valence-electron chi connectivity index (χ1n) is 10.3. The third-order valence-corrected chi connectivity index (χ3v) is 5.55. The molecular formula is C25H15Cl2F3O6. The molecule has 0 fully saturated rings. The van der Waals surface area contributed by atoms with Crippen LogP contribution in [0.5, 0.6) is 23.0 Å². The second-order valence-electron chi connectivity index (χ2n) is 7.25. The van der Waals surface area contributed by atoms with Crippen molar-refractivity contribution < 1.29 is 36.6 Å². The predicted molar refractivity (Wildman–Crippen MR) is 127 cm³/mol. The van der Waals surface area contributed by atoms with Crippen LogP contribution in [0, 0.1) is 0 Å². The fourth-order valence-electron chi connectivity index (χ4n) is 3.21. The Balaban J connectivity index is 1.75. The molecule has 1 aromatic heterocycles. The van der Waals surface area contributed by atoms with E-state index in [-0.39, 0.29) is 44.9 Å². The minimum Gasteiger partial charge on any atom is -0.490 e. The van der Waals surface area contributed by atoms with Crippen LogP contribution in [0.2, 0.25) is 10.0 Å². The molecule has 0 aliphatic heterocycles. The number of carbonyl (C=O) groups excluding carboxylic acids is 1. The highest BCUT2D eigenvalue weighted by Crippen LogP contribution is 2.40. The standard InChI is InChI=1S/C25H15Cl2F3O6/c1-2-33-18-5-3-4-6-19(18)35-22-21(31)15-9-8-14(12-20(15)36-23(22)25(28,29)30)34-24(32)13-7-10-16(26)17(27)11-13/h3-12H,2H2,1H3. The first-order chi connectivity index (χ1) is 17.1. The zero-order chi connectivity index (χ0) is 26.0. The largest absolute Gasteiger partial charge is 0.490 e. The number of hydrogen-bond donors (Lipinski definition) is 0. The van der Waals surface area contributed by atoms with Crippen molar-refractivity contribution in [3.05, 3.63) is 92.3 Å². The van der Waals surface area contributed by atoms with Crippen LogP contribution in [0.4, 0.5) is 13.2 Å². The first-order valence-corrected chi connectivity index (χ1v) is 11.1. The molecule has 0 radical (unpaired) electrons. The second-order valence-corrected chi connectivity index (χ2v) is 8.06. The van der Waals surface area contributed by atoms with Gasteiger partial charge >= 0.3 is 12.1 Å². The minimum absolute atomic E-state index is 0.0543. The van der Waals surface area contributed by atoms with E-state index >= 15 is 0 Å². The zero-order valence-electron chi connectivity index (χ0n) is 18.3. The molecule has 1 heterocycles. The van der Waals surface area contributed by atoms with Crippen LogP contribution >= 0.6 is 23.2 Å². The molecule has 4 rings (SSSR count). The summed E-state index contributed by atoms with van der Waals surface area (Å²) < 4.78 is 62.6. The van der Waals surface area contributed by atoms with Crippen LogP contribution in [-0.4, -0.2) is 12.6 Å². The lowest BCUT2D eigenvalue weighted by atomic mass is 10.2. The minimum atomic E-state index is -5.07. The van der Waals surface area contributed by atoms with E-state index in [1.54, 1.807) is 13.0 Å². The first kappa shape index (κ1) is 25.4. The molecule has 0 amide bonds. The monoisotopic (exact) mass is 538 g/mol. The van der Waals surface area contributed by atoms with E-state index in [1.165, 1.54) is 48.5 Å². The van der Waals surface area contributed by atoms with Crippen LogP contribution in [0.25, 0.3) is 11.0 Å². The number of halogens is 5. The Morgan fingerprint density at radius 2 is 1.69 bits per heavy atom. The smallest absolute Gasteiger partial charge is 0.453 e. The molecule has 4 aromatic rings. The molecule has 6 nitrogen and oxygen atoms in total. The van der Waals surface area contributed by atoms with Gasteiger partial charge in [0.1, 0.15) is 11.3 Å². The van der Waals surface area contributed by atoms with E-state index in [4.69, 9.17) is 41.8 Å². The third kappa shape index (κ3) is 5.27. The number of esters is 1. The molecule has 3 aromatic carbocycles. The number of carbonyl (C=O) groups is 1. The highest BCUT2D eigenvalue weighted by atomic mass is 35.5. The van der Waals surface area contributed by atoms with Gasteiger partial charge in [0.05, 0.1) is 27.6 Å². The summed E-state index contributed by atoms with van der Waals surface area (Å²) in [5.74, 6) is -3.66. The number of rotatable bonds is 6. The van der Waals surface area contributed by atoms with E-state index < -0.39 is 34.7 Å². The maximum absolute atomic E-state index is 13.9. The zero-order valence-corrected chi connectivity index (χ0v) is 19.8. The second kappa shape index (κ2) is 10.1. The molecule has 0 saturated heterocycles. The van der Waals surface area contributed by atoms with Crippen molar-refractivity contribution >= 4 is 40.1 Å². The van der Waals surface area contributed by atoms with Gasteiger partial charge in [-0.3, -0.25) is 4.79 Å². The fraction of sp³-hybridized carbons (Fsp3) is 0.120. The maximum atomic E-state index is 13.9. The summed E-state index contributed by atoms with van der Waals surface area (Å²) in [5.41, 5.74) is -1.48. The van der Waals surface area contributed by atoms with Crippen LogP contribution < -0.4 is 19.6 Å². The van der Waals surface area contributed by atoms with E-state index in [0.717, 1.165) is 6.07 Å². The van der Waals surface area contributed by atoms with Gasteiger partial charge in [-0.25, -0.2) is 4.79 Å². The lowest BCUT2D eigenvalue weighted by Gasteiger charge is -2.15. The summed E-state index contributed by atoms with van der Waals surface area (Å²) in [6.45, 7) is 1.91. The molecule has 11 heteroatoms. The van der Waals surface area contributed by atoms with Crippen LogP contribution in [-0.2, 0) is 6.18 Å². The van der Waals surface area contributed by atoms with Crippen molar-refractivity contribution in [2.45, 2.75) is 13.1 Å². The molecule has 0 unspecified atom stereocenters. The highest BCUT2D eigenvalue weighted by molar-refractivity contribution is 6.42. The highest BCUT2D eigenvalue weighted by Gasteiger charge is 2.40. The molecule has 186 valence electrons. The van der Waals surface area contributed by atoms with E-state index in [2.05, 4.69) is 0 Å². The van der Waals surface area contributed by atoms with E-state index in [9.17, 15) is 22.8 Å². The molecule has 0 bridgehead atoms. The van der Waals surface area contributed by atoms with Crippen LogP contribution in [0.3, 0.4) is 0 Å². The molecule has 0 atom stereocenters. The summed E-state index contributed by atoms with van der Waals surface area (Å²) in [6, 6.07) is 13.4. The average molecular weight is 539 g/mol. The quantitative estimate of drug-likeness (QED) is 0.186. The molecule has 0 N–H and O–H groups in total. The molecular weight excluding hydrogens is 524 g/mol. The van der Waals surface area contributed by atoms with Gasteiger partial charge in [0.25, 0.3) is 5.76 Å². The Kier molecular flexibility index (Phi) is 7.14. The Morgan fingerprint density at radius 3 is 2.36 bits per heavy atom. The van der Waals surface area contributed by atoms with Crippen molar-refractivity contribution in [1.29, 1.82) is 0 Å². The van der Waals surface area contributed by atoms with E-state index in [0.29, 0.717) is 0 Å². The number of fused-ring (bicyclic) bond motifs is 1. The Labute approximate surface area is 211 Å². The lowest BCUT2D eigenvalue weighted by molar-refractivity contribution is -0.154.